The molecule has 3 aromatic rings. The molecule has 0 radical (unpaired) electrons. The van der Waals surface area contributed by atoms with Crippen LogP contribution in [0.2, 0.25) is 0 Å². The van der Waals surface area contributed by atoms with Gasteiger partial charge in [-0.2, -0.15) is 0 Å². The van der Waals surface area contributed by atoms with E-state index in [9.17, 15) is 14.7 Å². The van der Waals surface area contributed by atoms with Crippen LogP contribution >= 0.6 is 0 Å². The van der Waals surface area contributed by atoms with E-state index in [1.807, 2.05) is 12.1 Å². The highest BCUT2D eigenvalue weighted by Crippen LogP contribution is 2.42. The molecule has 0 fully saturated rings. The SMILES string of the molecule is CC[C@@]1(O)C(=O)OCc2c1cc1n(c2=O)Cc2c-1nc1cc3c(cc1c2CN)OCCO3. The van der Waals surface area contributed by atoms with E-state index in [1.165, 1.54) is 0 Å². The number of rotatable bonds is 2. The van der Waals surface area contributed by atoms with E-state index in [2.05, 4.69) is 0 Å². The Labute approximate surface area is 182 Å². The first-order valence-electron chi connectivity index (χ1n) is 10.6. The molecule has 32 heavy (non-hydrogen) atoms. The zero-order chi connectivity index (χ0) is 22.2. The summed E-state index contributed by atoms with van der Waals surface area (Å²) in [5.41, 5.74) is 8.15. The van der Waals surface area contributed by atoms with Crippen LogP contribution in [0.25, 0.3) is 22.3 Å². The molecular weight excluding hydrogens is 414 g/mol. The Bertz CT molecular complexity index is 1400. The lowest BCUT2D eigenvalue weighted by molar-refractivity contribution is -0.172. The van der Waals surface area contributed by atoms with Gasteiger partial charge in [0.15, 0.2) is 17.1 Å². The lowest BCUT2D eigenvalue weighted by Gasteiger charge is -2.31. The van der Waals surface area contributed by atoms with Crippen molar-refractivity contribution in [3.63, 3.8) is 0 Å². The van der Waals surface area contributed by atoms with E-state index in [1.54, 1.807) is 17.6 Å². The van der Waals surface area contributed by atoms with Gasteiger partial charge in [0.25, 0.3) is 5.56 Å². The largest absolute Gasteiger partial charge is 0.486 e. The van der Waals surface area contributed by atoms with Gasteiger partial charge in [0.1, 0.15) is 19.8 Å². The van der Waals surface area contributed by atoms with E-state index in [0.717, 1.165) is 16.5 Å². The van der Waals surface area contributed by atoms with Crippen molar-refractivity contribution < 1.29 is 24.1 Å². The third-order valence-corrected chi connectivity index (χ3v) is 6.67. The van der Waals surface area contributed by atoms with Gasteiger partial charge < -0.3 is 29.6 Å². The Morgan fingerprint density at radius 1 is 1.12 bits per heavy atom. The number of benzene rings is 1. The fraction of sp³-hybridized carbons (Fsp3) is 0.348. The van der Waals surface area contributed by atoms with Crippen LogP contribution in [0, 0.1) is 0 Å². The summed E-state index contributed by atoms with van der Waals surface area (Å²) in [5.74, 6) is 0.517. The summed E-state index contributed by atoms with van der Waals surface area (Å²) in [6.07, 6.45) is 0.0945. The summed E-state index contributed by atoms with van der Waals surface area (Å²) in [7, 11) is 0. The van der Waals surface area contributed by atoms with Gasteiger partial charge in [-0.05, 0) is 24.1 Å². The smallest absolute Gasteiger partial charge is 0.343 e. The monoisotopic (exact) mass is 435 g/mol. The quantitative estimate of drug-likeness (QED) is 0.452. The highest BCUT2D eigenvalue weighted by atomic mass is 16.6. The minimum absolute atomic E-state index is 0.0945. The number of cyclic esters (lactones) is 1. The van der Waals surface area contributed by atoms with Crippen LogP contribution in [-0.4, -0.2) is 33.8 Å². The average molecular weight is 435 g/mol. The topological polar surface area (TPSA) is 126 Å². The summed E-state index contributed by atoms with van der Waals surface area (Å²) in [6, 6.07) is 5.41. The first-order valence-corrected chi connectivity index (χ1v) is 10.6. The van der Waals surface area contributed by atoms with Crippen LogP contribution in [0.4, 0.5) is 0 Å². The molecule has 0 bridgehead atoms. The number of nitrogens with two attached hydrogens (primary N) is 1. The second-order valence-electron chi connectivity index (χ2n) is 8.24. The van der Waals surface area contributed by atoms with Crippen molar-refractivity contribution in [2.75, 3.05) is 13.2 Å². The number of hydrogen-bond donors (Lipinski definition) is 2. The van der Waals surface area contributed by atoms with Gasteiger partial charge >= 0.3 is 5.97 Å². The molecule has 3 aliphatic heterocycles. The number of hydrogen-bond acceptors (Lipinski definition) is 8. The van der Waals surface area contributed by atoms with E-state index < -0.39 is 11.6 Å². The van der Waals surface area contributed by atoms with Crippen LogP contribution in [-0.2, 0) is 34.8 Å². The number of carbonyl (C=O) groups excluding carboxylic acids is 1. The number of aliphatic hydroxyl groups is 1. The maximum Gasteiger partial charge on any atom is 0.343 e. The molecular formula is C23H21N3O6. The number of carbonyl (C=O) groups is 1. The number of esters is 1. The van der Waals surface area contributed by atoms with Gasteiger partial charge in [-0.25, -0.2) is 9.78 Å². The fourth-order valence-corrected chi connectivity index (χ4v) is 4.93. The minimum Gasteiger partial charge on any atom is -0.486 e. The molecule has 6 rings (SSSR count). The number of nitrogens with zero attached hydrogens (tertiary/aromatic N) is 2. The van der Waals surface area contributed by atoms with E-state index in [0.29, 0.717) is 59.3 Å². The molecule has 0 saturated heterocycles. The van der Waals surface area contributed by atoms with Gasteiger partial charge in [0, 0.05) is 29.1 Å². The zero-order valence-corrected chi connectivity index (χ0v) is 17.4. The van der Waals surface area contributed by atoms with Crippen LogP contribution in [0.1, 0.15) is 35.6 Å². The van der Waals surface area contributed by atoms with E-state index >= 15 is 0 Å². The fourth-order valence-electron chi connectivity index (χ4n) is 4.93. The van der Waals surface area contributed by atoms with Crippen molar-refractivity contribution in [2.24, 2.45) is 5.73 Å². The Morgan fingerprint density at radius 2 is 1.88 bits per heavy atom. The first-order chi connectivity index (χ1) is 15.5. The molecule has 0 spiro atoms. The van der Waals surface area contributed by atoms with Gasteiger partial charge in [-0.1, -0.05) is 6.92 Å². The Balaban J connectivity index is 1.64. The number of fused-ring (bicyclic) bond motifs is 6. The molecule has 0 aliphatic carbocycles. The maximum absolute atomic E-state index is 13.3. The highest BCUT2D eigenvalue weighted by molar-refractivity contribution is 5.91. The molecule has 0 saturated carbocycles. The molecule has 0 unspecified atom stereocenters. The summed E-state index contributed by atoms with van der Waals surface area (Å²) >= 11 is 0. The van der Waals surface area contributed by atoms with Crippen molar-refractivity contribution in [2.45, 2.75) is 38.6 Å². The number of pyridine rings is 2. The summed E-state index contributed by atoms with van der Waals surface area (Å²) in [5, 5.41) is 11.9. The molecule has 9 heteroatoms. The van der Waals surface area contributed by atoms with Crippen molar-refractivity contribution >= 4 is 16.9 Å². The molecule has 3 aliphatic rings. The van der Waals surface area contributed by atoms with Gasteiger partial charge in [-0.3, -0.25) is 4.79 Å². The average Bonchev–Trinajstić information content (AvgIpc) is 3.17. The molecule has 1 aromatic carbocycles. The first kappa shape index (κ1) is 19.3. The Morgan fingerprint density at radius 3 is 2.59 bits per heavy atom. The van der Waals surface area contributed by atoms with E-state index in [4.69, 9.17) is 24.9 Å². The minimum atomic E-state index is -1.86. The van der Waals surface area contributed by atoms with Crippen LogP contribution in [0.15, 0.2) is 23.0 Å². The molecule has 164 valence electrons. The molecule has 2 aromatic heterocycles. The van der Waals surface area contributed by atoms with Gasteiger partial charge in [0.05, 0.1) is 29.0 Å². The standard InChI is InChI=1S/C23H21N3O6/c1-2-23(29)15-6-17-20-13(9-26(17)21(27)14(15)10-32-22(23)28)12(8-24)11-5-18-19(7-16(11)25-20)31-4-3-30-18/h5-7,29H,2-4,8-10,24H2,1H3/t23-/m0/s1. The van der Waals surface area contributed by atoms with Gasteiger partial charge in [-0.15, -0.1) is 0 Å². The van der Waals surface area contributed by atoms with Crippen molar-refractivity contribution in [1.29, 1.82) is 0 Å². The third kappa shape index (κ3) is 2.37. The van der Waals surface area contributed by atoms with E-state index in [-0.39, 0.29) is 25.1 Å². The van der Waals surface area contributed by atoms with Crippen LogP contribution < -0.4 is 20.8 Å². The number of ether oxygens (including phenoxy) is 3. The molecule has 0 amide bonds. The van der Waals surface area contributed by atoms with Crippen LogP contribution in [0.3, 0.4) is 0 Å². The summed E-state index contributed by atoms with van der Waals surface area (Å²) in [4.78, 5) is 30.5. The van der Waals surface area contributed by atoms with Crippen molar-refractivity contribution in [1.82, 2.24) is 9.55 Å². The number of aromatic nitrogens is 2. The predicted octanol–water partition coefficient (Wildman–Crippen LogP) is 1.31. The lowest BCUT2D eigenvalue weighted by atomic mass is 9.86. The van der Waals surface area contributed by atoms with Crippen molar-refractivity contribution in [3.8, 4) is 22.9 Å². The second kappa shape index (κ2) is 6.54. The Hall–Kier alpha value is -3.43. The molecule has 5 heterocycles. The molecule has 1 atom stereocenters. The second-order valence-corrected chi connectivity index (χ2v) is 8.24. The van der Waals surface area contributed by atoms with Crippen molar-refractivity contribution in [3.05, 3.63) is 50.8 Å². The zero-order valence-electron chi connectivity index (χ0n) is 17.4. The predicted molar refractivity (Wildman–Crippen MR) is 113 cm³/mol. The molecule has 9 nitrogen and oxygen atoms in total. The Kier molecular flexibility index (Phi) is 3.94. The highest BCUT2D eigenvalue weighted by Gasteiger charge is 2.45. The van der Waals surface area contributed by atoms with Crippen LogP contribution in [0.5, 0.6) is 11.5 Å². The summed E-state index contributed by atoms with van der Waals surface area (Å²) < 4.78 is 18.2. The molecule has 3 N–H and O–H groups in total. The van der Waals surface area contributed by atoms with Gasteiger partial charge in [0.2, 0.25) is 0 Å². The summed E-state index contributed by atoms with van der Waals surface area (Å²) in [6.45, 7) is 3.01. The third-order valence-electron chi connectivity index (χ3n) is 6.67. The normalized spacial score (nSPS) is 20.5. The lowest BCUT2D eigenvalue weighted by Crippen LogP contribution is -2.44. The maximum atomic E-state index is 13.3.